The average Bonchev–Trinajstić information content (AvgIpc) is 2.75. The first kappa shape index (κ1) is 14.1. The summed E-state index contributed by atoms with van der Waals surface area (Å²) in [5, 5.41) is 8.93. The van der Waals surface area contributed by atoms with E-state index in [-0.39, 0.29) is 18.7 Å². The van der Waals surface area contributed by atoms with Crippen LogP contribution in [-0.4, -0.2) is 35.0 Å². The molecule has 3 rings (SSSR count). The van der Waals surface area contributed by atoms with Crippen LogP contribution in [0, 0.1) is 0 Å². The van der Waals surface area contributed by atoms with Gasteiger partial charge < -0.3 is 15.6 Å². The number of ether oxygens (including phenoxy) is 1. The van der Waals surface area contributed by atoms with E-state index in [1.165, 1.54) is 6.07 Å². The lowest BCUT2D eigenvalue weighted by atomic mass is 10.1. The number of carbonyl (C=O) groups excluding carboxylic acids is 2. The molecule has 0 aliphatic carbocycles. The lowest BCUT2D eigenvalue weighted by Crippen LogP contribution is -2.32. The van der Waals surface area contributed by atoms with Crippen LogP contribution < -0.4 is 10.5 Å². The molecule has 0 unspecified atom stereocenters. The molecule has 22 heavy (non-hydrogen) atoms. The molecule has 112 valence electrons. The van der Waals surface area contributed by atoms with E-state index in [1.807, 2.05) is 0 Å². The molecule has 2 amide bonds. The van der Waals surface area contributed by atoms with Crippen molar-refractivity contribution >= 4 is 17.5 Å². The monoisotopic (exact) mass is 298 g/mol. The van der Waals surface area contributed by atoms with Crippen molar-refractivity contribution in [1.82, 2.24) is 4.90 Å². The first-order chi connectivity index (χ1) is 10.6. The Labute approximate surface area is 126 Å². The Bertz CT molecular complexity index is 740. The molecule has 2 aromatic carbocycles. The first-order valence-corrected chi connectivity index (χ1v) is 6.74. The van der Waals surface area contributed by atoms with Crippen LogP contribution in [0.5, 0.6) is 11.5 Å². The fourth-order valence-electron chi connectivity index (χ4n) is 2.31. The van der Waals surface area contributed by atoms with Gasteiger partial charge in [0.25, 0.3) is 11.8 Å². The molecule has 6 nitrogen and oxygen atoms in total. The molecular formula is C16H14N2O4. The van der Waals surface area contributed by atoms with Crippen molar-refractivity contribution in [3.63, 3.8) is 0 Å². The van der Waals surface area contributed by atoms with Gasteiger partial charge in [-0.3, -0.25) is 14.5 Å². The number of nitrogen functional groups attached to an aromatic ring is 1. The van der Waals surface area contributed by atoms with E-state index in [9.17, 15) is 9.59 Å². The number of aliphatic hydroxyl groups is 1. The molecule has 1 aliphatic heterocycles. The number of carbonyl (C=O) groups is 2. The topological polar surface area (TPSA) is 92.9 Å². The Hall–Kier alpha value is -2.86. The zero-order valence-electron chi connectivity index (χ0n) is 11.7. The molecule has 0 atom stereocenters. The Kier molecular flexibility index (Phi) is 3.52. The first-order valence-electron chi connectivity index (χ1n) is 6.74. The number of imide groups is 1. The van der Waals surface area contributed by atoms with Crippen LogP contribution in [0.4, 0.5) is 5.69 Å². The minimum atomic E-state index is -0.420. The minimum Gasteiger partial charge on any atom is -0.457 e. The quantitative estimate of drug-likeness (QED) is 0.661. The van der Waals surface area contributed by atoms with Crippen LogP contribution in [-0.2, 0) is 0 Å². The summed E-state index contributed by atoms with van der Waals surface area (Å²) < 4.78 is 5.65. The van der Waals surface area contributed by atoms with Crippen LogP contribution in [0.15, 0.2) is 42.5 Å². The van der Waals surface area contributed by atoms with Gasteiger partial charge in [-0.1, -0.05) is 0 Å². The molecule has 0 radical (unpaired) electrons. The standard InChI is InChI=1S/C16H14N2O4/c17-10-1-3-11(4-2-10)22-12-5-6-13-14(9-12)16(21)18(7-8-19)15(13)20/h1-6,9,19H,7-8,17H2. The average molecular weight is 298 g/mol. The summed E-state index contributed by atoms with van der Waals surface area (Å²) in [4.78, 5) is 25.2. The van der Waals surface area contributed by atoms with E-state index in [0.717, 1.165) is 4.90 Å². The van der Waals surface area contributed by atoms with E-state index in [4.69, 9.17) is 15.6 Å². The zero-order chi connectivity index (χ0) is 15.7. The molecule has 1 heterocycles. The number of nitrogens with zero attached hydrogens (tertiary/aromatic N) is 1. The molecule has 0 spiro atoms. The molecular weight excluding hydrogens is 284 g/mol. The Morgan fingerprint density at radius 2 is 1.59 bits per heavy atom. The molecule has 2 aromatic rings. The van der Waals surface area contributed by atoms with Crippen molar-refractivity contribution in [1.29, 1.82) is 0 Å². The van der Waals surface area contributed by atoms with E-state index >= 15 is 0 Å². The van der Waals surface area contributed by atoms with Crippen molar-refractivity contribution in [3.8, 4) is 11.5 Å². The number of aliphatic hydroxyl groups excluding tert-OH is 1. The Morgan fingerprint density at radius 3 is 2.27 bits per heavy atom. The van der Waals surface area contributed by atoms with Crippen molar-refractivity contribution < 1.29 is 19.4 Å². The van der Waals surface area contributed by atoms with E-state index in [0.29, 0.717) is 22.7 Å². The number of anilines is 1. The Balaban J connectivity index is 1.88. The lowest BCUT2D eigenvalue weighted by molar-refractivity contribution is 0.0624. The summed E-state index contributed by atoms with van der Waals surface area (Å²) in [6.07, 6.45) is 0. The van der Waals surface area contributed by atoms with Gasteiger partial charge in [0.1, 0.15) is 11.5 Å². The SMILES string of the molecule is Nc1ccc(Oc2ccc3c(c2)C(=O)N(CCO)C3=O)cc1. The van der Waals surface area contributed by atoms with Gasteiger partial charge in [-0.2, -0.15) is 0 Å². The van der Waals surface area contributed by atoms with E-state index in [1.54, 1.807) is 36.4 Å². The summed E-state index contributed by atoms with van der Waals surface area (Å²) in [6, 6.07) is 11.6. The summed E-state index contributed by atoms with van der Waals surface area (Å²) >= 11 is 0. The molecule has 0 fully saturated rings. The van der Waals surface area contributed by atoms with Gasteiger partial charge >= 0.3 is 0 Å². The number of hydrogen-bond donors (Lipinski definition) is 2. The van der Waals surface area contributed by atoms with Crippen LogP contribution in [0.25, 0.3) is 0 Å². The van der Waals surface area contributed by atoms with Gasteiger partial charge in [0, 0.05) is 5.69 Å². The summed E-state index contributed by atoms with van der Waals surface area (Å²) in [5.74, 6) is 0.221. The second kappa shape index (κ2) is 5.50. The minimum absolute atomic E-state index is 0.0134. The van der Waals surface area contributed by atoms with Crippen LogP contribution in [0.1, 0.15) is 20.7 Å². The van der Waals surface area contributed by atoms with Gasteiger partial charge in [-0.15, -0.1) is 0 Å². The maximum absolute atomic E-state index is 12.2. The smallest absolute Gasteiger partial charge is 0.261 e. The second-order valence-electron chi connectivity index (χ2n) is 4.86. The van der Waals surface area contributed by atoms with Gasteiger partial charge in [0.15, 0.2) is 0 Å². The molecule has 1 aliphatic rings. The number of rotatable bonds is 4. The molecule has 3 N–H and O–H groups in total. The predicted molar refractivity (Wildman–Crippen MR) is 79.8 cm³/mol. The van der Waals surface area contributed by atoms with Crippen molar-refractivity contribution in [3.05, 3.63) is 53.6 Å². The highest BCUT2D eigenvalue weighted by molar-refractivity contribution is 6.21. The summed E-state index contributed by atoms with van der Waals surface area (Å²) in [5.41, 5.74) is 6.84. The van der Waals surface area contributed by atoms with Gasteiger partial charge in [-0.05, 0) is 42.5 Å². The summed E-state index contributed by atoms with van der Waals surface area (Å²) in [6.45, 7) is -0.277. The fourth-order valence-corrected chi connectivity index (χ4v) is 2.31. The molecule has 0 saturated heterocycles. The normalized spacial score (nSPS) is 13.4. The third kappa shape index (κ3) is 2.40. The highest BCUT2D eigenvalue weighted by atomic mass is 16.5. The third-order valence-corrected chi connectivity index (χ3v) is 3.38. The number of benzene rings is 2. The largest absolute Gasteiger partial charge is 0.457 e. The van der Waals surface area contributed by atoms with Crippen LogP contribution in [0.3, 0.4) is 0 Å². The van der Waals surface area contributed by atoms with Gasteiger partial charge in [-0.25, -0.2) is 0 Å². The number of hydrogen-bond acceptors (Lipinski definition) is 5. The number of β-amino-alcohol motifs (C(OH)–C–C–N with tert-alkyl or cyclic N) is 1. The summed E-state index contributed by atoms with van der Waals surface area (Å²) in [7, 11) is 0. The second-order valence-corrected chi connectivity index (χ2v) is 4.86. The number of nitrogens with two attached hydrogens (primary N) is 1. The zero-order valence-corrected chi connectivity index (χ0v) is 11.7. The van der Waals surface area contributed by atoms with E-state index < -0.39 is 11.8 Å². The maximum Gasteiger partial charge on any atom is 0.261 e. The lowest BCUT2D eigenvalue weighted by Gasteiger charge is -2.10. The highest BCUT2D eigenvalue weighted by Crippen LogP contribution is 2.29. The highest BCUT2D eigenvalue weighted by Gasteiger charge is 2.35. The Morgan fingerprint density at radius 1 is 0.955 bits per heavy atom. The molecule has 6 heteroatoms. The van der Waals surface area contributed by atoms with Crippen LogP contribution in [0.2, 0.25) is 0 Å². The van der Waals surface area contributed by atoms with Crippen molar-refractivity contribution in [2.75, 3.05) is 18.9 Å². The van der Waals surface area contributed by atoms with Gasteiger partial charge in [0.2, 0.25) is 0 Å². The van der Waals surface area contributed by atoms with Crippen LogP contribution >= 0.6 is 0 Å². The predicted octanol–water partition coefficient (Wildman–Crippen LogP) is 1.65. The molecule has 0 bridgehead atoms. The van der Waals surface area contributed by atoms with Crippen molar-refractivity contribution in [2.24, 2.45) is 0 Å². The van der Waals surface area contributed by atoms with Gasteiger partial charge in [0.05, 0.1) is 24.3 Å². The third-order valence-electron chi connectivity index (χ3n) is 3.38. The van der Waals surface area contributed by atoms with E-state index in [2.05, 4.69) is 0 Å². The number of fused-ring (bicyclic) bond motifs is 1. The van der Waals surface area contributed by atoms with Crippen molar-refractivity contribution in [2.45, 2.75) is 0 Å². The maximum atomic E-state index is 12.2. The number of amides is 2. The molecule has 0 aromatic heterocycles. The molecule has 0 saturated carbocycles. The fraction of sp³-hybridized carbons (Fsp3) is 0.125.